The molecule has 3 N–H and O–H groups in total. The van der Waals surface area contributed by atoms with Crippen LogP contribution in [0.15, 0.2) is 60.9 Å². The second-order valence-electron chi connectivity index (χ2n) is 9.13. The third-order valence-corrected chi connectivity index (χ3v) is 6.14. The minimum absolute atomic E-state index is 0.433. The van der Waals surface area contributed by atoms with Crippen molar-refractivity contribution in [3.63, 3.8) is 0 Å². The summed E-state index contributed by atoms with van der Waals surface area (Å²) in [5.41, 5.74) is 10.7. The van der Waals surface area contributed by atoms with E-state index in [0.717, 1.165) is 46.5 Å². The van der Waals surface area contributed by atoms with E-state index in [2.05, 4.69) is 43.0 Å². The standard InChI is InChI=1S/C28H33N7O2/c1-33(2)14-15-34(3)25-17-26(37-5)23(16-19(25)10-11-27(29)36)32-28-30-13-12-22(31-28)21-18-35(4)24-9-7-6-8-20(21)24/h6-13,16-18H,14-15H2,1-5H3,(H2,29,36)(H,30,31,32). The first-order chi connectivity index (χ1) is 17.8. The number of hydrogen-bond acceptors (Lipinski definition) is 7. The summed E-state index contributed by atoms with van der Waals surface area (Å²) in [4.78, 5) is 24.9. The zero-order valence-corrected chi connectivity index (χ0v) is 21.9. The molecule has 0 atom stereocenters. The summed E-state index contributed by atoms with van der Waals surface area (Å²) in [5.74, 6) is 0.544. The Kier molecular flexibility index (Phi) is 7.74. The Balaban J connectivity index is 1.71. The monoisotopic (exact) mass is 499 g/mol. The van der Waals surface area contributed by atoms with Crippen LogP contribution in [0, 0.1) is 0 Å². The smallest absolute Gasteiger partial charge is 0.241 e. The first-order valence-corrected chi connectivity index (χ1v) is 12.0. The maximum absolute atomic E-state index is 11.5. The van der Waals surface area contributed by atoms with Crippen LogP contribution in [0.5, 0.6) is 5.75 Å². The summed E-state index contributed by atoms with van der Waals surface area (Å²) in [7, 11) is 9.71. The number of benzene rings is 2. The number of aryl methyl sites for hydroxylation is 1. The molecule has 0 bridgehead atoms. The number of ether oxygens (including phenoxy) is 1. The summed E-state index contributed by atoms with van der Waals surface area (Å²) in [5, 5.41) is 4.42. The molecule has 0 unspecified atom stereocenters. The van der Waals surface area contributed by atoms with Gasteiger partial charge >= 0.3 is 0 Å². The van der Waals surface area contributed by atoms with Crippen LogP contribution < -0.4 is 20.7 Å². The summed E-state index contributed by atoms with van der Waals surface area (Å²) in [6.07, 6.45) is 6.87. The highest BCUT2D eigenvalue weighted by molar-refractivity contribution is 5.95. The number of carbonyl (C=O) groups excluding carboxylic acids is 1. The summed E-state index contributed by atoms with van der Waals surface area (Å²) < 4.78 is 7.81. The van der Waals surface area contributed by atoms with Crippen molar-refractivity contribution in [2.75, 3.05) is 51.6 Å². The van der Waals surface area contributed by atoms with E-state index in [-0.39, 0.29) is 0 Å². The molecule has 0 saturated carbocycles. The number of nitrogens with zero attached hydrogens (tertiary/aromatic N) is 5. The fraction of sp³-hybridized carbons (Fsp3) is 0.250. The molecule has 9 nitrogen and oxygen atoms in total. The van der Waals surface area contributed by atoms with Crippen LogP contribution in [0.1, 0.15) is 5.56 Å². The maximum Gasteiger partial charge on any atom is 0.241 e. The van der Waals surface area contributed by atoms with E-state index in [9.17, 15) is 4.79 Å². The quantitative estimate of drug-likeness (QED) is 0.319. The van der Waals surface area contributed by atoms with E-state index < -0.39 is 5.91 Å². The van der Waals surface area contributed by atoms with Gasteiger partial charge in [-0.1, -0.05) is 18.2 Å². The molecule has 2 aromatic carbocycles. The largest absolute Gasteiger partial charge is 0.494 e. The van der Waals surface area contributed by atoms with E-state index >= 15 is 0 Å². The van der Waals surface area contributed by atoms with Gasteiger partial charge in [0, 0.05) is 79.4 Å². The molecule has 0 radical (unpaired) electrons. The fourth-order valence-corrected chi connectivity index (χ4v) is 4.19. The second-order valence-corrected chi connectivity index (χ2v) is 9.13. The maximum atomic E-state index is 11.5. The average Bonchev–Trinajstić information content (AvgIpc) is 3.22. The van der Waals surface area contributed by atoms with Crippen LogP contribution in [0.2, 0.25) is 0 Å². The normalized spacial score (nSPS) is 11.4. The van der Waals surface area contributed by atoms with Gasteiger partial charge in [0.25, 0.3) is 0 Å². The number of nitrogens with one attached hydrogen (secondary N) is 1. The lowest BCUT2D eigenvalue weighted by Crippen LogP contribution is -2.29. The second kappa shape index (κ2) is 11.1. The van der Waals surface area contributed by atoms with Crippen molar-refractivity contribution in [1.29, 1.82) is 0 Å². The predicted molar refractivity (Wildman–Crippen MR) is 150 cm³/mol. The van der Waals surface area contributed by atoms with Gasteiger partial charge in [0.2, 0.25) is 11.9 Å². The Bertz CT molecular complexity index is 1440. The van der Waals surface area contributed by atoms with E-state index in [1.54, 1.807) is 19.4 Å². The first kappa shape index (κ1) is 25.7. The molecule has 0 aliphatic carbocycles. The number of amides is 1. The lowest BCUT2D eigenvalue weighted by molar-refractivity contribution is -0.113. The number of methoxy groups -OCH3 is 1. The van der Waals surface area contributed by atoms with Crippen molar-refractivity contribution in [2.45, 2.75) is 0 Å². The van der Waals surface area contributed by atoms with Gasteiger partial charge in [-0.3, -0.25) is 4.79 Å². The van der Waals surface area contributed by atoms with E-state index in [0.29, 0.717) is 17.4 Å². The lowest BCUT2D eigenvalue weighted by Gasteiger charge is -2.25. The molecule has 2 aromatic heterocycles. The number of nitrogens with two attached hydrogens (primary N) is 1. The van der Waals surface area contributed by atoms with Gasteiger partial charge < -0.3 is 30.2 Å². The summed E-state index contributed by atoms with van der Waals surface area (Å²) in [6.45, 7) is 1.66. The highest BCUT2D eigenvalue weighted by Crippen LogP contribution is 2.36. The van der Waals surface area contributed by atoms with Gasteiger partial charge in [-0.2, -0.15) is 0 Å². The molecule has 192 valence electrons. The molecule has 4 rings (SSSR count). The Hall–Kier alpha value is -4.37. The van der Waals surface area contributed by atoms with Crippen LogP contribution in [-0.4, -0.2) is 66.7 Å². The van der Waals surface area contributed by atoms with Crippen LogP contribution >= 0.6 is 0 Å². The number of para-hydroxylation sites is 1. The Morgan fingerprint density at radius 1 is 1.16 bits per heavy atom. The van der Waals surface area contributed by atoms with E-state index in [1.807, 2.05) is 58.5 Å². The van der Waals surface area contributed by atoms with Gasteiger partial charge in [-0.25, -0.2) is 9.97 Å². The molecule has 9 heteroatoms. The predicted octanol–water partition coefficient (Wildman–Crippen LogP) is 3.88. The number of aromatic nitrogens is 3. The van der Waals surface area contributed by atoms with E-state index in [1.165, 1.54) is 6.08 Å². The molecule has 0 aliphatic heterocycles. The molecule has 0 saturated heterocycles. The van der Waals surface area contributed by atoms with Crippen molar-refractivity contribution in [1.82, 2.24) is 19.4 Å². The molecule has 4 aromatic rings. The number of fused-ring (bicyclic) bond motifs is 1. The average molecular weight is 500 g/mol. The Labute approximate surface area is 217 Å². The zero-order chi connectivity index (χ0) is 26.5. The van der Waals surface area contributed by atoms with Crippen molar-refractivity contribution >= 4 is 40.2 Å². The zero-order valence-electron chi connectivity index (χ0n) is 21.9. The van der Waals surface area contributed by atoms with Gasteiger partial charge in [0.05, 0.1) is 18.5 Å². The first-order valence-electron chi connectivity index (χ1n) is 12.0. The van der Waals surface area contributed by atoms with Crippen molar-refractivity contribution < 1.29 is 9.53 Å². The van der Waals surface area contributed by atoms with Crippen molar-refractivity contribution in [2.24, 2.45) is 12.8 Å². The van der Waals surface area contributed by atoms with Crippen LogP contribution in [0.25, 0.3) is 28.2 Å². The summed E-state index contributed by atoms with van der Waals surface area (Å²) >= 11 is 0. The number of primary amides is 1. The lowest BCUT2D eigenvalue weighted by atomic mass is 10.1. The third kappa shape index (κ3) is 5.90. The Morgan fingerprint density at radius 2 is 1.95 bits per heavy atom. The van der Waals surface area contributed by atoms with Crippen LogP contribution in [0.3, 0.4) is 0 Å². The minimum Gasteiger partial charge on any atom is -0.494 e. The van der Waals surface area contributed by atoms with Gasteiger partial charge in [-0.05, 0) is 38.4 Å². The van der Waals surface area contributed by atoms with Gasteiger partial charge in [0.15, 0.2) is 0 Å². The highest BCUT2D eigenvalue weighted by atomic mass is 16.5. The number of hydrogen-bond donors (Lipinski definition) is 2. The number of anilines is 3. The van der Waals surface area contributed by atoms with Gasteiger partial charge in [0.1, 0.15) is 5.75 Å². The number of likely N-dealkylation sites (N-methyl/N-ethyl adjacent to an activating group) is 2. The third-order valence-electron chi connectivity index (χ3n) is 6.14. The SMILES string of the molecule is COc1cc(N(C)CCN(C)C)c(C=CC(N)=O)cc1Nc1nccc(-c2cn(C)c3ccccc23)n1. The molecular formula is C28H33N7O2. The molecule has 37 heavy (non-hydrogen) atoms. The van der Waals surface area contributed by atoms with Crippen LogP contribution in [-0.2, 0) is 11.8 Å². The van der Waals surface area contributed by atoms with Gasteiger partial charge in [-0.15, -0.1) is 0 Å². The minimum atomic E-state index is -0.515. The molecule has 0 aliphatic rings. The number of rotatable bonds is 10. The molecular weight excluding hydrogens is 466 g/mol. The Morgan fingerprint density at radius 3 is 2.68 bits per heavy atom. The van der Waals surface area contributed by atoms with Crippen molar-refractivity contribution in [3.05, 3.63) is 66.5 Å². The van der Waals surface area contributed by atoms with E-state index in [4.69, 9.17) is 15.5 Å². The highest BCUT2D eigenvalue weighted by Gasteiger charge is 2.15. The fourth-order valence-electron chi connectivity index (χ4n) is 4.19. The number of carbonyl (C=O) groups is 1. The molecule has 2 heterocycles. The topological polar surface area (TPSA) is 102 Å². The van der Waals surface area contributed by atoms with Crippen molar-refractivity contribution in [3.8, 4) is 17.0 Å². The summed E-state index contributed by atoms with van der Waals surface area (Å²) in [6, 6.07) is 14.0. The molecule has 1 amide bonds. The molecule has 0 spiro atoms. The molecule has 0 fully saturated rings. The van der Waals surface area contributed by atoms with Crippen LogP contribution in [0.4, 0.5) is 17.3 Å².